The summed E-state index contributed by atoms with van der Waals surface area (Å²) in [6, 6.07) is 12.3. The zero-order valence-electron chi connectivity index (χ0n) is 14.6. The maximum atomic E-state index is 10.0. The molecule has 0 saturated heterocycles. The second kappa shape index (κ2) is 8.20. The van der Waals surface area contributed by atoms with Crippen LogP contribution >= 0.6 is 22.7 Å². The van der Waals surface area contributed by atoms with E-state index in [1.54, 1.807) is 40.7 Å². The van der Waals surface area contributed by atoms with E-state index in [0.717, 1.165) is 20.9 Å². The molecule has 3 aromatic heterocycles. The Hall–Kier alpha value is -3.23. The van der Waals surface area contributed by atoms with E-state index in [0.29, 0.717) is 12.1 Å². The van der Waals surface area contributed by atoms with Gasteiger partial charge in [-0.3, -0.25) is 9.98 Å². The first kappa shape index (κ1) is 18.1. The summed E-state index contributed by atoms with van der Waals surface area (Å²) in [4.78, 5) is 10.6. The Kier molecular flexibility index (Phi) is 5.31. The Bertz CT molecular complexity index is 1160. The van der Waals surface area contributed by atoms with Crippen LogP contribution < -0.4 is 4.80 Å². The number of aromatic nitrogens is 2. The van der Waals surface area contributed by atoms with Gasteiger partial charge in [0.1, 0.15) is 11.5 Å². The minimum absolute atomic E-state index is 0.00395. The molecule has 0 aliphatic heterocycles. The van der Waals surface area contributed by atoms with E-state index in [4.69, 9.17) is 0 Å². The van der Waals surface area contributed by atoms with Crippen LogP contribution in [0.4, 0.5) is 0 Å². The highest BCUT2D eigenvalue weighted by Gasteiger charge is 2.09. The van der Waals surface area contributed by atoms with Gasteiger partial charge >= 0.3 is 0 Å². The molecule has 0 atom stereocenters. The minimum Gasteiger partial charge on any atom is -0.508 e. The highest BCUT2D eigenvalue weighted by molar-refractivity contribution is 7.14. The molecule has 4 rings (SSSR count). The maximum Gasteiger partial charge on any atom is 0.206 e. The summed E-state index contributed by atoms with van der Waals surface area (Å²) in [5.74, 6) is -0.0321. The number of phenols is 2. The Morgan fingerprint density at radius 1 is 1.11 bits per heavy atom. The Balaban J connectivity index is 1.74. The van der Waals surface area contributed by atoms with E-state index in [2.05, 4.69) is 15.1 Å². The van der Waals surface area contributed by atoms with E-state index in [9.17, 15) is 10.2 Å². The number of thiazole rings is 1. The van der Waals surface area contributed by atoms with Gasteiger partial charge in [-0.1, -0.05) is 12.1 Å². The maximum absolute atomic E-state index is 10.0. The molecule has 3 heterocycles. The molecule has 8 heteroatoms. The van der Waals surface area contributed by atoms with Crippen molar-refractivity contribution in [3.8, 4) is 22.1 Å². The Morgan fingerprint density at radius 3 is 2.79 bits per heavy atom. The number of thiophene rings is 1. The van der Waals surface area contributed by atoms with Gasteiger partial charge < -0.3 is 10.2 Å². The smallest absolute Gasteiger partial charge is 0.206 e. The van der Waals surface area contributed by atoms with Crippen molar-refractivity contribution in [1.82, 2.24) is 9.66 Å². The van der Waals surface area contributed by atoms with E-state index in [1.165, 1.54) is 23.5 Å². The zero-order valence-corrected chi connectivity index (χ0v) is 16.3. The van der Waals surface area contributed by atoms with Crippen molar-refractivity contribution in [2.24, 2.45) is 10.1 Å². The molecule has 0 saturated carbocycles. The predicted octanol–water partition coefficient (Wildman–Crippen LogP) is 4.07. The van der Waals surface area contributed by atoms with E-state index in [-0.39, 0.29) is 11.5 Å². The highest BCUT2D eigenvalue weighted by atomic mass is 32.1. The second-order valence-electron chi connectivity index (χ2n) is 5.86. The van der Waals surface area contributed by atoms with Crippen LogP contribution in [-0.4, -0.2) is 26.1 Å². The van der Waals surface area contributed by atoms with Crippen LogP contribution in [-0.2, 0) is 6.54 Å². The topological polar surface area (TPSA) is 83.0 Å². The quantitative estimate of drug-likeness (QED) is 0.488. The molecule has 0 spiro atoms. The fraction of sp³-hybridized carbons (Fsp3) is 0.0500. The summed E-state index contributed by atoms with van der Waals surface area (Å²) in [6.07, 6.45) is 5.08. The molecule has 2 N–H and O–H groups in total. The fourth-order valence-electron chi connectivity index (χ4n) is 2.53. The number of hydrogen-bond donors (Lipinski definition) is 2. The summed E-state index contributed by atoms with van der Waals surface area (Å²) < 4.78 is 1.76. The Labute approximate surface area is 169 Å². The van der Waals surface area contributed by atoms with Gasteiger partial charge in [0.25, 0.3) is 0 Å². The van der Waals surface area contributed by atoms with Crippen LogP contribution in [0.3, 0.4) is 0 Å². The average Bonchev–Trinajstić information content (AvgIpc) is 3.36. The van der Waals surface area contributed by atoms with Crippen molar-refractivity contribution in [1.29, 1.82) is 0 Å². The van der Waals surface area contributed by atoms with Crippen LogP contribution in [0.25, 0.3) is 10.6 Å². The molecular formula is C20H16N4O2S2. The van der Waals surface area contributed by atoms with Crippen molar-refractivity contribution in [3.05, 3.63) is 81.5 Å². The molecule has 0 aliphatic rings. The molecule has 0 radical (unpaired) electrons. The highest BCUT2D eigenvalue weighted by Crippen LogP contribution is 2.25. The van der Waals surface area contributed by atoms with Crippen LogP contribution in [0.1, 0.15) is 11.1 Å². The molecule has 0 aliphatic carbocycles. The normalized spacial score (nSPS) is 12.1. The third-order valence-corrected chi connectivity index (χ3v) is 5.65. The second-order valence-corrected chi connectivity index (χ2v) is 7.64. The fourth-order valence-corrected chi connectivity index (χ4v) is 4.16. The number of rotatable bonds is 5. The average molecular weight is 409 g/mol. The first-order chi connectivity index (χ1) is 13.7. The lowest BCUT2D eigenvalue weighted by molar-refractivity contribution is 0.450. The third kappa shape index (κ3) is 4.03. The summed E-state index contributed by atoms with van der Waals surface area (Å²) in [5, 5.41) is 28.0. The molecule has 0 fully saturated rings. The van der Waals surface area contributed by atoms with Crippen molar-refractivity contribution in [3.63, 3.8) is 0 Å². The monoisotopic (exact) mass is 408 g/mol. The standard InChI is InChI=1S/C20H16N4O2S2/c25-16-6-5-15(18(26)9-16)12-23-24-17(19-4-2-8-27-19)13-28-20(24)22-11-14-3-1-7-21-10-14/h1-10,12-13,25-26H,11H2/b22-20?,23-12+. The number of phenolic OH excluding ortho intramolecular Hbond substituents is 2. The molecule has 0 unspecified atom stereocenters. The van der Waals surface area contributed by atoms with Crippen LogP contribution in [0.5, 0.6) is 11.5 Å². The van der Waals surface area contributed by atoms with Crippen molar-refractivity contribution in [2.45, 2.75) is 6.54 Å². The van der Waals surface area contributed by atoms with Gasteiger partial charge in [-0.2, -0.15) is 5.10 Å². The molecule has 140 valence electrons. The van der Waals surface area contributed by atoms with Crippen molar-refractivity contribution in [2.75, 3.05) is 0 Å². The summed E-state index contributed by atoms with van der Waals surface area (Å²) in [5.41, 5.74) is 2.45. The van der Waals surface area contributed by atoms with Crippen LogP contribution in [0.15, 0.2) is 75.7 Å². The number of hydrogen-bond acceptors (Lipinski definition) is 7. The lowest BCUT2D eigenvalue weighted by Crippen LogP contribution is -2.12. The van der Waals surface area contributed by atoms with Crippen LogP contribution in [0.2, 0.25) is 0 Å². The molecule has 28 heavy (non-hydrogen) atoms. The molecular weight excluding hydrogens is 392 g/mol. The molecule has 0 bridgehead atoms. The predicted molar refractivity (Wildman–Crippen MR) is 112 cm³/mol. The lowest BCUT2D eigenvalue weighted by Gasteiger charge is -2.03. The number of nitrogens with zero attached hydrogens (tertiary/aromatic N) is 4. The Morgan fingerprint density at radius 2 is 2.04 bits per heavy atom. The zero-order chi connectivity index (χ0) is 19.3. The third-order valence-electron chi connectivity index (χ3n) is 3.90. The summed E-state index contributed by atoms with van der Waals surface area (Å²) >= 11 is 3.12. The summed E-state index contributed by atoms with van der Waals surface area (Å²) in [7, 11) is 0. The van der Waals surface area contributed by atoms with Gasteiger partial charge in [0.15, 0.2) is 0 Å². The van der Waals surface area contributed by atoms with Gasteiger partial charge in [0.05, 0.1) is 23.3 Å². The largest absolute Gasteiger partial charge is 0.508 e. The van der Waals surface area contributed by atoms with E-state index < -0.39 is 0 Å². The van der Waals surface area contributed by atoms with Crippen molar-refractivity contribution >= 4 is 28.9 Å². The van der Waals surface area contributed by atoms with Gasteiger partial charge in [-0.25, -0.2) is 4.68 Å². The van der Waals surface area contributed by atoms with Gasteiger partial charge in [0, 0.05) is 29.4 Å². The molecule has 6 nitrogen and oxygen atoms in total. The first-order valence-corrected chi connectivity index (χ1v) is 10.2. The number of benzene rings is 1. The van der Waals surface area contributed by atoms with E-state index in [1.807, 2.05) is 35.0 Å². The van der Waals surface area contributed by atoms with Gasteiger partial charge in [-0.05, 0) is 35.2 Å². The number of aromatic hydroxyl groups is 2. The lowest BCUT2D eigenvalue weighted by atomic mass is 10.2. The molecule has 4 aromatic rings. The number of pyridine rings is 1. The first-order valence-electron chi connectivity index (χ1n) is 8.41. The molecule has 1 aromatic carbocycles. The molecule has 0 amide bonds. The SMILES string of the molecule is Oc1ccc(/C=N/n2c(-c3cccs3)csc2=NCc2cccnc2)c(O)c1. The van der Waals surface area contributed by atoms with Gasteiger partial charge in [-0.15, -0.1) is 22.7 Å². The minimum atomic E-state index is -0.0360. The van der Waals surface area contributed by atoms with Crippen molar-refractivity contribution < 1.29 is 10.2 Å². The van der Waals surface area contributed by atoms with Gasteiger partial charge in [0.2, 0.25) is 4.80 Å². The van der Waals surface area contributed by atoms with Crippen LogP contribution in [0, 0.1) is 0 Å². The summed E-state index contributed by atoms with van der Waals surface area (Å²) in [6.45, 7) is 0.498. The van der Waals surface area contributed by atoms with E-state index >= 15 is 0 Å².